The Bertz CT molecular complexity index is 731. The van der Waals surface area contributed by atoms with Gasteiger partial charge < -0.3 is 10.6 Å². The maximum Gasteiger partial charge on any atom is 0.167 e. The zero-order valence-electron chi connectivity index (χ0n) is 10.8. The average Bonchev–Trinajstić information content (AvgIpc) is 2.82. The number of benzene rings is 1. The Balaban J connectivity index is 2.25. The third-order valence-electron chi connectivity index (χ3n) is 2.95. The van der Waals surface area contributed by atoms with Crippen molar-refractivity contribution in [3.8, 4) is 5.82 Å². The Morgan fingerprint density at radius 3 is 2.68 bits per heavy atom. The predicted octanol–water partition coefficient (Wildman–Crippen LogP) is 1.46. The molecule has 0 saturated heterocycles. The second kappa shape index (κ2) is 4.24. The van der Waals surface area contributed by atoms with Gasteiger partial charge in [-0.25, -0.2) is 15.0 Å². The molecule has 0 spiro atoms. The van der Waals surface area contributed by atoms with Gasteiger partial charge >= 0.3 is 0 Å². The Morgan fingerprint density at radius 1 is 1.11 bits per heavy atom. The van der Waals surface area contributed by atoms with Crippen molar-refractivity contribution in [2.75, 3.05) is 24.7 Å². The van der Waals surface area contributed by atoms with Crippen LogP contribution in [0.5, 0.6) is 0 Å². The van der Waals surface area contributed by atoms with Gasteiger partial charge in [0, 0.05) is 14.1 Å². The number of rotatable bonds is 2. The second-order valence-electron chi connectivity index (χ2n) is 4.43. The molecule has 2 N–H and O–H groups in total. The highest BCUT2D eigenvalue weighted by Gasteiger charge is 2.13. The van der Waals surface area contributed by atoms with Crippen molar-refractivity contribution in [1.82, 2.24) is 19.5 Å². The summed E-state index contributed by atoms with van der Waals surface area (Å²) in [6.07, 6.45) is 3.23. The highest BCUT2D eigenvalue weighted by Crippen LogP contribution is 2.26. The fourth-order valence-corrected chi connectivity index (χ4v) is 2.05. The number of nitrogen functional groups attached to an aromatic ring is 1. The van der Waals surface area contributed by atoms with Gasteiger partial charge in [0.15, 0.2) is 11.6 Å². The number of nitrogens with two attached hydrogens (primary N) is 1. The zero-order valence-corrected chi connectivity index (χ0v) is 10.8. The first-order valence-corrected chi connectivity index (χ1v) is 5.88. The number of hydrogen-bond donors (Lipinski definition) is 1. The summed E-state index contributed by atoms with van der Waals surface area (Å²) in [6.45, 7) is 0. The number of aromatic nitrogens is 4. The lowest BCUT2D eigenvalue weighted by Crippen LogP contribution is -2.15. The third kappa shape index (κ3) is 1.77. The Morgan fingerprint density at radius 2 is 1.89 bits per heavy atom. The van der Waals surface area contributed by atoms with Crippen molar-refractivity contribution < 1.29 is 0 Å². The summed E-state index contributed by atoms with van der Waals surface area (Å²) in [4.78, 5) is 14.7. The minimum Gasteiger partial charge on any atom is -0.393 e. The second-order valence-corrected chi connectivity index (χ2v) is 4.43. The molecule has 2 heterocycles. The largest absolute Gasteiger partial charge is 0.393 e. The lowest BCUT2D eigenvalue weighted by molar-refractivity contribution is 0.974. The Labute approximate surface area is 110 Å². The molecule has 0 amide bonds. The quantitative estimate of drug-likeness (QED) is 0.749. The van der Waals surface area contributed by atoms with Gasteiger partial charge in [-0.2, -0.15) is 0 Å². The van der Waals surface area contributed by atoms with Crippen LogP contribution in [0.4, 0.5) is 11.5 Å². The van der Waals surface area contributed by atoms with E-state index in [1.165, 1.54) is 6.33 Å². The van der Waals surface area contributed by atoms with Gasteiger partial charge in [-0.1, -0.05) is 12.1 Å². The van der Waals surface area contributed by atoms with Gasteiger partial charge in [0.2, 0.25) is 0 Å². The number of imidazole rings is 1. The van der Waals surface area contributed by atoms with Crippen molar-refractivity contribution >= 4 is 22.5 Å². The molecule has 0 aliphatic rings. The first kappa shape index (κ1) is 11.5. The maximum absolute atomic E-state index is 6.15. The lowest BCUT2D eigenvalue weighted by Gasteiger charge is -2.15. The zero-order chi connectivity index (χ0) is 13.4. The molecule has 0 aliphatic carbocycles. The molecule has 0 aliphatic heterocycles. The summed E-state index contributed by atoms with van der Waals surface area (Å²) < 4.78 is 1.87. The molecule has 19 heavy (non-hydrogen) atoms. The molecule has 3 rings (SSSR count). The van der Waals surface area contributed by atoms with Crippen molar-refractivity contribution in [3.63, 3.8) is 0 Å². The van der Waals surface area contributed by atoms with Crippen LogP contribution in [0.25, 0.3) is 16.9 Å². The lowest BCUT2D eigenvalue weighted by atomic mass is 10.3. The van der Waals surface area contributed by atoms with Gasteiger partial charge in [-0.3, -0.25) is 4.57 Å². The van der Waals surface area contributed by atoms with E-state index in [0.717, 1.165) is 11.0 Å². The molecule has 0 fully saturated rings. The maximum atomic E-state index is 6.15. The smallest absolute Gasteiger partial charge is 0.167 e. The molecule has 6 heteroatoms. The SMILES string of the molecule is CN(C)c1ncnc(-n2cnc3ccccc32)c1N. The van der Waals surface area contributed by atoms with Crippen molar-refractivity contribution in [2.24, 2.45) is 0 Å². The molecule has 0 atom stereocenters. The fraction of sp³-hybridized carbons (Fsp3) is 0.154. The number of fused-ring (bicyclic) bond motifs is 1. The van der Waals surface area contributed by atoms with Gasteiger partial charge in [0.25, 0.3) is 0 Å². The number of para-hydroxylation sites is 2. The summed E-state index contributed by atoms with van der Waals surface area (Å²) in [7, 11) is 3.79. The highest BCUT2D eigenvalue weighted by molar-refractivity contribution is 5.80. The number of anilines is 2. The van der Waals surface area contributed by atoms with Crippen LogP contribution in [-0.4, -0.2) is 33.6 Å². The van der Waals surface area contributed by atoms with Crippen LogP contribution < -0.4 is 10.6 Å². The molecular weight excluding hydrogens is 240 g/mol. The average molecular weight is 254 g/mol. The Kier molecular flexibility index (Phi) is 2.56. The first-order valence-electron chi connectivity index (χ1n) is 5.88. The van der Waals surface area contributed by atoms with E-state index in [-0.39, 0.29) is 0 Å². The monoisotopic (exact) mass is 254 g/mol. The fourth-order valence-electron chi connectivity index (χ4n) is 2.05. The van der Waals surface area contributed by atoms with E-state index in [1.54, 1.807) is 6.33 Å². The molecule has 0 bridgehead atoms. The van der Waals surface area contributed by atoms with Crippen molar-refractivity contribution in [3.05, 3.63) is 36.9 Å². The molecule has 0 unspecified atom stereocenters. The molecule has 6 nitrogen and oxygen atoms in total. The van der Waals surface area contributed by atoms with Gasteiger partial charge in [0.1, 0.15) is 18.3 Å². The topological polar surface area (TPSA) is 72.9 Å². The van der Waals surface area contributed by atoms with E-state index in [0.29, 0.717) is 17.3 Å². The van der Waals surface area contributed by atoms with Crippen LogP contribution in [0.2, 0.25) is 0 Å². The molecule has 0 saturated carbocycles. The Hall–Kier alpha value is -2.63. The molecule has 96 valence electrons. The van der Waals surface area contributed by atoms with E-state index < -0.39 is 0 Å². The number of hydrogen-bond acceptors (Lipinski definition) is 5. The van der Waals surface area contributed by atoms with Crippen LogP contribution in [-0.2, 0) is 0 Å². The van der Waals surface area contributed by atoms with Gasteiger partial charge in [0.05, 0.1) is 11.0 Å². The summed E-state index contributed by atoms with van der Waals surface area (Å²) >= 11 is 0. The van der Waals surface area contributed by atoms with Crippen LogP contribution in [0.3, 0.4) is 0 Å². The molecule has 2 aromatic heterocycles. The summed E-state index contributed by atoms with van der Waals surface area (Å²) in [6, 6.07) is 7.86. The summed E-state index contributed by atoms with van der Waals surface area (Å²) in [5, 5.41) is 0. The molecule has 1 aromatic carbocycles. The minimum atomic E-state index is 0.538. The summed E-state index contributed by atoms with van der Waals surface area (Å²) in [5.74, 6) is 1.34. The highest BCUT2D eigenvalue weighted by atomic mass is 15.2. The van der Waals surface area contributed by atoms with Crippen LogP contribution in [0, 0.1) is 0 Å². The van der Waals surface area contributed by atoms with E-state index in [4.69, 9.17) is 5.73 Å². The van der Waals surface area contributed by atoms with E-state index in [9.17, 15) is 0 Å². The van der Waals surface area contributed by atoms with Crippen molar-refractivity contribution in [1.29, 1.82) is 0 Å². The summed E-state index contributed by atoms with van der Waals surface area (Å²) in [5.41, 5.74) is 8.57. The predicted molar refractivity (Wildman–Crippen MR) is 75.4 cm³/mol. The normalized spacial score (nSPS) is 10.8. The van der Waals surface area contributed by atoms with Crippen LogP contribution >= 0.6 is 0 Å². The standard InChI is InChI=1S/C13H14N6/c1-18(2)12-11(14)13(16-7-15-12)19-8-17-9-5-3-4-6-10(9)19/h3-8H,14H2,1-2H3. The van der Waals surface area contributed by atoms with Crippen LogP contribution in [0.15, 0.2) is 36.9 Å². The molecular formula is C13H14N6. The van der Waals surface area contributed by atoms with Crippen molar-refractivity contribution in [2.45, 2.75) is 0 Å². The number of nitrogens with zero attached hydrogens (tertiary/aromatic N) is 5. The van der Waals surface area contributed by atoms with E-state index >= 15 is 0 Å². The van der Waals surface area contributed by atoms with E-state index in [2.05, 4.69) is 15.0 Å². The van der Waals surface area contributed by atoms with Gasteiger partial charge in [-0.05, 0) is 12.1 Å². The van der Waals surface area contributed by atoms with E-state index in [1.807, 2.05) is 47.8 Å². The first-order chi connectivity index (χ1) is 9.18. The van der Waals surface area contributed by atoms with Crippen LogP contribution in [0.1, 0.15) is 0 Å². The van der Waals surface area contributed by atoms with Gasteiger partial charge in [-0.15, -0.1) is 0 Å². The minimum absolute atomic E-state index is 0.538. The molecule has 3 aromatic rings. The third-order valence-corrected chi connectivity index (χ3v) is 2.95. The molecule has 0 radical (unpaired) electrons.